The number of amides is 1. The molecule has 1 aliphatic heterocycles. The molecule has 3 rings (SSSR count). The lowest BCUT2D eigenvalue weighted by atomic mass is 10.2. The summed E-state index contributed by atoms with van der Waals surface area (Å²) in [6.45, 7) is 2.81. The van der Waals surface area contributed by atoms with Crippen molar-refractivity contribution in [3.8, 4) is 0 Å². The van der Waals surface area contributed by atoms with Crippen LogP contribution in [0.5, 0.6) is 0 Å². The van der Waals surface area contributed by atoms with Gasteiger partial charge >= 0.3 is 0 Å². The van der Waals surface area contributed by atoms with Crippen molar-refractivity contribution in [2.45, 2.75) is 19.4 Å². The second-order valence-electron chi connectivity index (χ2n) is 5.47. The fourth-order valence-electron chi connectivity index (χ4n) is 2.41. The van der Waals surface area contributed by atoms with Crippen molar-refractivity contribution in [3.05, 3.63) is 66.2 Å². The number of nitrogens with one attached hydrogen (secondary N) is 1. The fourth-order valence-corrected chi connectivity index (χ4v) is 2.41. The van der Waals surface area contributed by atoms with Crippen molar-refractivity contribution < 1.29 is 4.79 Å². The molecule has 1 aliphatic rings. The number of para-hydroxylation sites is 1. The van der Waals surface area contributed by atoms with Crippen LogP contribution in [-0.2, 0) is 4.79 Å². The van der Waals surface area contributed by atoms with E-state index in [0.717, 1.165) is 17.9 Å². The fraction of sp³-hybridized carbons (Fsp3) is 0.222. The van der Waals surface area contributed by atoms with E-state index in [1.165, 1.54) is 5.56 Å². The van der Waals surface area contributed by atoms with Crippen LogP contribution in [0.1, 0.15) is 24.9 Å². The zero-order chi connectivity index (χ0) is 15.4. The van der Waals surface area contributed by atoms with E-state index < -0.39 is 0 Å². The van der Waals surface area contributed by atoms with Gasteiger partial charge in [-0.2, -0.15) is 5.10 Å². The first-order chi connectivity index (χ1) is 10.7. The third-order valence-corrected chi connectivity index (χ3v) is 3.54. The third kappa shape index (κ3) is 3.73. The van der Waals surface area contributed by atoms with E-state index in [-0.39, 0.29) is 5.91 Å². The van der Waals surface area contributed by atoms with E-state index in [1.54, 1.807) is 0 Å². The Balaban J connectivity index is 1.52. The highest BCUT2D eigenvalue weighted by atomic mass is 16.1. The van der Waals surface area contributed by atoms with Gasteiger partial charge in [0.05, 0.1) is 19.0 Å². The molecule has 0 aromatic heterocycles. The molecule has 22 heavy (non-hydrogen) atoms. The van der Waals surface area contributed by atoms with Crippen molar-refractivity contribution >= 4 is 17.3 Å². The molecule has 1 heterocycles. The first kappa shape index (κ1) is 14.3. The van der Waals surface area contributed by atoms with Gasteiger partial charge in [0.25, 0.3) is 0 Å². The molecule has 112 valence electrons. The minimum atomic E-state index is -0.0365. The Bertz CT molecular complexity index is 667. The van der Waals surface area contributed by atoms with E-state index in [4.69, 9.17) is 0 Å². The summed E-state index contributed by atoms with van der Waals surface area (Å²) in [6, 6.07) is 20.1. The number of nitrogens with zero attached hydrogens (tertiary/aromatic N) is 2. The molecule has 1 amide bonds. The summed E-state index contributed by atoms with van der Waals surface area (Å²) in [7, 11) is 0. The van der Waals surface area contributed by atoms with E-state index in [1.807, 2.05) is 60.5 Å². The molecule has 0 aliphatic carbocycles. The Kier molecular flexibility index (Phi) is 4.19. The summed E-state index contributed by atoms with van der Waals surface area (Å²) in [6.07, 6.45) is 0.312. The molecular weight excluding hydrogens is 274 g/mol. The average molecular weight is 293 g/mol. The Morgan fingerprint density at radius 2 is 1.77 bits per heavy atom. The average Bonchev–Trinajstić information content (AvgIpc) is 3.28. The van der Waals surface area contributed by atoms with Gasteiger partial charge in [0.15, 0.2) is 0 Å². The molecule has 0 bridgehead atoms. The molecule has 4 heteroatoms. The number of carbonyl (C=O) groups excluding carboxylic acids is 1. The number of carbonyl (C=O) groups is 1. The van der Waals surface area contributed by atoms with Gasteiger partial charge in [0.2, 0.25) is 5.91 Å². The number of anilines is 1. The zero-order valence-electron chi connectivity index (χ0n) is 12.6. The van der Waals surface area contributed by atoms with Gasteiger partial charge in [-0.15, -0.1) is 0 Å². The van der Waals surface area contributed by atoms with Crippen molar-refractivity contribution in [2.24, 2.45) is 5.10 Å². The molecule has 0 radical (unpaired) electrons. The lowest BCUT2D eigenvalue weighted by Crippen LogP contribution is -2.15. The van der Waals surface area contributed by atoms with Crippen LogP contribution in [0.25, 0.3) is 0 Å². The maximum absolute atomic E-state index is 12.0. The SMILES string of the molecule is CC(CC(=O)Nc1ccccc1)=NN1CC1c1ccccc1. The second-order valence-corrected chi connectivity index (χ2v) is 5.47. The number of rotatable bonds is 5. The lowest BCUT2D eigenvalue weighted by Gasteiger charge is -2.05. The molecule has 1 atom stereocenters. The van der Waals surface area contributed by atoms with Gasteiger partial charge in [0.1, 0.15) is 0 Å². The molecule has 4 nitrogen and oxygen atoms in total. The van der Waals surface area contributed by atoms with E-state index in [9.17, 15) is 4.79 Å². The number of hydrogen-bond acceptors (Lipinski definition) is 3. The monoisotopic (exact) mass is 293 g/mol. The molecule has 1 fully saturated rings. The predicted octanol–water partition coefficient (Wildman–Crippen LogP) is 3.45. The third-order valence-electron chi connectivity index (χ3n) is 3.54. The molecular formula is C18H19N3O. The quantitative estimate of drug-likeness (QED) is 0.678. The van der Waals surface area contributed by atoms with E-state index in [0.29, 0.717) is 12.5 Å². The maximum atomic E-state index is 12.0. The lowest BCUT2D eigenvalue weighted by molar-refractivity contribution is -0.115. The smallest absolute Gasteiger partial charge is 0.230 e. The van der Waals surface area contributed by atoms with Gasteiger partial charge in [-0.1, -0.05) is 48.5 Å². The zero-order valence-corrected chi connectivity index (χ0v) is 12.6. The molecule has 0 saturated carbocycles. The van der Waals surface area contributed by atoms with Crippen molar-refractivity contribution in [1.29, 1.82) is 0 Å². The summed E-state index contributed by atoms with van der Waals surface area (Å²) in [5, 5.41) is 9.40. The predicted molar refractivity (Wildman–Crippen MR) is 88.7 cm³/mol. The van der Waals surface area contributed by atoms with Crippen molar-refractivity contribution in [1.82, 2.24) is 5.01 Å². The number of benzene rings is 2. The molecule has 1 unspecified atom stereocenters. The largest absolute Gasteiger partial charge is 0.326 e. The number of hydrogen-bond donors (Lipinski definition) is 1. The van der Waals surface area contributed by atoms with Crippen molar-refractivity contribution in [3.63, 3.8) is 0 Å². The Labute approximate surface area is 130 Å². The minimum absolute atomic E-state index is 0.0365. The van der Waals surface area contributed by atoms with Crippen molar-refractivity contribution in [2.75, 3.05) is 11.9 Å². The molecule has 1 N–H and O–H groups in total. The van der Waals surface area contributed by atoms with Gasteiger partial charge in [-0.05, 0) is 24.6 Å². The highest BCUT2D eigenvalue weighted by Crippen LogP contribution is 2.34. The van der Waals surface area contributed by atoms with Crippen LogP contribution in [0.15, 0.2) is 65.8 Å². The standard InChI is InChI=1S/C18H19N3O/c1-14(12-18(22)19-16-10-6-3-7-11-16)20-21-13-17(21)15-8-4-2-5-9-15/h2-11,17H,12-13H2,1H3,(H,19,22). The second kappa shape index (κ2) is 6.43. The van der Waals surface area contributed by atoms with Gasteiger partial charge in [-0.3, -0.25) is 9.80 Å². The Hall–Kier alpha value is -2.62. The van der Waals surface area contributed by atoms with E-state index in [2.05, 4.69) is 22.6 Å². The topological polar surface area (TPSA) is 44.5 Å². The summed E-state index contributed by atoms with van der Waals surface area (Å²) in [4.78, 5) is 12.0. The highest BCUT2D eigenvalue weighted by Gasteiger charge is 2.34. The first-order valence-corrected chi connectivity index (χ1v) is 7.43. The Morgan fingerprint density at radius 3 is 2.45 bits per heavy atom. The molecule has 1 saturated heterocycles. The van der Waals surface area contributed by atoms with Crippen LogP contribution < -0.4 is 5.32 Å². The van der Waals surface area contributed by atoms with Gasteiger partial charge in [-0.25, -0.2) is 0 Å². The van der Waals surface area contributed by atoms with Crippen LogP contribution in [-0.4, -0.2) is 23.2 Å². The molecule has 2 aromatic rings. The minimum Gasteiger partial charge on any atom is -0.326 e. The summed E-state index contributed by atoms with van der Waals surface area (Å²) < 4.78 is 0. The van der Waals surface area contributed by atoms with Gasteiger partial charge in [0, 0.05) is 11.4 Å². The van der Waals surface area contributed by atoms with E-state index >= 15 is 0 Å². The molecule has 2 aromatic carbocycles. The normalized spacial score (nSPS) is 17.2. The van der Waals surface area contributed by atoms with Gasteiger partial charge < -0.3 is 5.32 Å². The highest BCUT2D eigenvalue weighted by molar-refractivity contribution is 6.05. The molecule has 0 spiro atoms. The Morgan fingerprint density at radius 1 is 1.14 bits per heavy atom. The van der Waals surface area contributed by atoms with Crippen LogP contribution in [0.2, 0.25) is 0 Å². The number of hydrazone groups is 1. The van der Waals surface area contributed by atoms with Crippen LogP contribution in [0.4, 0.5) is 5.69 Å². The summed E-state index contributed by atoms with van der Waals surface area (Å²) in [5.74, 6) is -0.0365. The van der Waals surface area contributed by atoms with Crippen LogP contribution >= 0.6 is 0 Å². The van der Waals surface area contributed by atoms with Crippen LogP contribution in [0, 0.1) is 0 Å². The van der Waals surface area contributed by atoms with Crippen LogP contribution in [0.3, 0.4) is 0 Å². The summed E-state index contributed by atoms with van der Waals surface area (Å²) in [5.41, 5.74) is 2.91. The first-order valence-electron chi connectivity index (χ1n) is 7.43. The maximum Gasteiger partial charge on any atom is 0.230 e. The summed E-state index contributed by atoms with van der Waals surface area (Å²) >= 11 is 0.